The van der Waals surface area contributed by atoms with Crippen LogP contribution in [0.2, 0.25) is 0 Å². The van der Waals surface area contributed by atoms with Gasteiger partial charge in [-0.15, -0.1) is 0 Å². The lowest BCUT2D eigenvalue weighted by Crippen LogP contribution is -2.13. The van der Waals surface area contributed by atoms with Crippen LogP contribution >= 0.6 is 0 Å². The highest BCUT2D eigenvalue weighted by Gasteiger charge is 2.29. The molecule has 2 aromatic heterocycles. The summed E-state index contributed by atoms with van der Waals surface area (Å²) in [5.41, 5.74) is 3.26. The lowest BCUT2D eigenvalue weighted by atomic mass is 10.0. The average Bonchev–Trinajstić information content (AvgIpc) is 3.39. The second-order valence-corrected chi connectivity index (χ2v) is 6.43. The van der Waals surface area contributed by atoms with Crippen molar-refractivity contribution in [3.05, 3.63) is 47.3 Å². The Morgan fingerprint density at radius 3 is 2.76 bits per heavy atom. The molecule has 1 aromatic carbocycles. The number of pyridine rings is 1. The number of hydrogen-bond acceptors (Lipinski definition) is 5. The number of amides is 1. The lowest BCUT2D eigenvalue weighted by molar-refractivity contribution is 0.102. The molecule has 1 amide bonds. The van der Waals surface area contributed by atoms with E-state index in [1.807, 2.05) is 6.07 Å². The van der Waals surface area contributed by atoms with Gasteiger partial charge in [0.05, 0.1) is 16.6 Å². The van der Waals surface area contributed by atoms with Crippen LogP contribution in [0.5, 0.6) is 5.75 Å². The molecule has 128 valence electrons. The number of fused-ring (bicyclic) bond motifs is 1. The lowest BCUT2D eigenvalue weighted by Gasteiger charge is -2.08. The van der Waals surface area contributed by atoms with Crippen molar-refractivity contribution in [2.75, 3.05) is 5.32 Å². The van der Waals surface area contributed by atoms with Crippen molar-refractivity contribution >= 4 is 22.7 Å². The Bertz CT molecular complexity index is 927. The molecule has 0 saturated heterocycles. The van der Waals surface area contributed by atoms with E-state index in [1.54, 1.807) is 12.1 Å². The van der Waals surface area contributed by atoms with Gasteiger partial charge < -0.3 is 14.9 Å². The maximum atomic E-state index is 12.9. The largest absolute Gasteiger partial charge is 0.508 e. The Morgan fingerprint density at radius 2 is 2.08 bits per heavy atom. The Balaban J connectivity index is 1.76. The highest BCUT2D eigenvalue weighted by Crippen LogP contribution is 2.40. The number of aryl methyl sites for hydroxylation is 1. The summed E-state index contributed by atoms with van der Waals surface area (Å²) in [4.78, 5) is 17.5. The number of benzene rings is 1. The summed E-state index contributed by atoms with van der Waals surface area (Å²) in [5.74, 6) is 0.342. The molecule has 2 heterocycles. The quantitative estimate of drug-likeness (QED) is 0.687. The predicted octanol–water partition coefficient (Wildman–Crippen LogP) is 4.01. The van der Waals surface area contributed by atoms with Crippen LogP contribution < -0.4 is 5.32 Å². The Hall–Kier alpha value is -2.89. The molecule has 0 aliphatic heterocycles. The van der Waals surface area contributed by atoms with E-state index >= 15 is 0 Å². The first-order chi connectivity index (χ1) is 12.2. The maximum absolute atomic E-state index is 12.9. The van der Waals surface area contributed by atoms with Crippen LogP contribution in [-0.4, -0.2) is 21.2 Å². The van der Waals surface area contributed by atoms with E-state index in [-0.39, 0.29) is 11.7 Å². The van der Waals surface area contributed by atoms with Gasteiger partial charge in [-0.05, 0) is 49.6 Å². The zero-order valence-electron chi connectivity index (χ0n) is 14.0. The summed E-state index contributed by atoms with van der Waals surface area (Å²) in [6.07, 6.45) is 3.82. The van der Waals surface area contributed by atoms with E-state index < -0.39 is 0 Å². The normalized spacial score (nSPS) is 14.0. The van der Waals surface area contributed by atoms with Gasteiger partial charge in [0.15, 0.2) is 0 Å². The van der Waals surface area contributed by atoms with Crippen molar-refractivity contribution < 1.29 is 14.4 Å². The molecule has 0 spiro atoms. The fraction of sp³-hybridized carbons (Fsp3) is 0.316. The molecule has 1 aliphatic rings. The highest BCUT2D eigenvalue weighted by atomic mass is 16.5. The first-order valence-electron chi connectivity index (χ1n) is 8.55. The number of hydrogen-bond donors (Lipinski definition) is 2. The van der Waals surface area contributed by atoms with Crippen LogP contribution in [-0.2, 0) is 6.42 Å². The number of phenolic OH excluding ortho intramolecular Hbond substituents is 1. The number of carbonyl (C=O) groups excluding carboxylic acids is 1. The van der Waals surface area contributed by atoms with Gasteiger partial charge in [-0.2, -0.15) is 0 Å². The smallest absolute Gasteiger partial charge is 0.259 e. The van der Waals surface area contributed by atoms with Gasteiger partial charge in [-0.1, -0.05) is 18.5 Å². The predicted molar refractivity (Wildman–Crippen MR) is 93.8 cm³/mol. The summed E-state index contributed by atoms with van der Waals surface area (Å²) in [7, 11) is 0. The number of rotatable bonds is 5. The minimum atomic E-state index is -0.222. The third kappa shape index (κ3) is 3.07. The number of aromatic hydroxyl groups is 1. The molecule has 4 rings (SSSR count). The van der Waals surface area contributed by atoms with E-state index in [9.17, 15) is 9.90 Å². The molecule has 0 unspecified atom stereocenters. The zero-order chi connectivity index (χ0) is 17.4. The SMILES string of the molecule is CCCc1noc2nc(C3CC3)cc(C(=O)Nc3ccc(O)cc3)c12. The molecule has 0 bridgehead atoms. The number of nitrogens with zero attached hydrogens (tertiary/aromatic N) is 2. The highest BCUT2D eigenvalue weighted by molar-refractivity contribution is 6.12. The second-order valence-electron chi connectivity index (χ2n) is 6.43. The summed E-state index contributed by atoms with van der Waals surface area (Å²) in [5, 5.41) is 17.1. The van der Waals surface area contributed by atoms with Crippen LogP contribution in [0.3, 0.4) is 0 Å². The van der Waals surface area contributed by atoms with E-state index in [0.29, 0.717) is 28.3 Å². The van der Waals surface area contributed by atoms with Crippen molar-refractivity contribution in [1.29, 1.82) is 0 Å². The van der Waals surface area contributed by atoms with Gasteiger partial charge in [0, 0.05) is 17.3 Å². The van der Waals surface area contributed by atoms with Crippen LogP contribution in [0.4, 0.5) is 5.69 Å². The Morgan fingerprint density at radius 1 is 1.32 bits per heavy atom. The van der Waals surface area contributed by atoms with Gasteiger partial charge >= 0.3 is 0 Å². The van der Waals surface area contributed by atoms with Gasteiger partial charge in [0.25, 0.3) is 11.6 Å². The minimum absolute atomic E-state index is 0.157. The number of aromatic nitrogens is 2. The molecule has 3 aromatic rings. The number of anilines is 1. The molecule has 25 heavy (non-hydrogen) atoms. The number of phenols is 1. The summed E-state index contributed by atoms with van der Waals surface area (Å²) >= 11 is 0. The molecule has 0 radical (unpaired) electrons. The van der Waals surface area contributed by atoms with E-state index in [4.69, 9.17) is 4.52 Å². The van der Waals surface area contributed by atoms with Crippen LogP contribution in [0.15, 0.2) is 34.9 Å². The third-order valence-corrected chi connectivity index (χ3v) is 4.39. The van der Waals surface area contributed by atoms with Gasteiger partial charge in [0.2, 0.25) is 0 Å². The van der Waals surface area contributed by atoms with Crippen molar-refractivity contribution in [2.24, 2.45) is 0 Å². The Kier molecular flexibility index (Phi) is 3.87. The van der Waals surface area contributed by atoms with Crippen LogP contribution in [0, 0.1) is 0 Å². The Labute approximate surface area is 144 Å². The molecule has 6 heteroatoms. The molecule has 2 N–H and O–H groups in total. The zero-order valence-corrected chi connectivity index (χ0v) is 14.0. The molecule has 1 fully saturated rings. The van der Waals surface area contributed by atoms with Crippen molar-refractivity contribution in [1.82, 2.24) is 10.1 Å². The molecule has 0 atom stereocenters. The molecular formula is C19H19N3O3. The molecular weight excluding hydrogens is 318 g/mol. The minimum Gasteiger partial charge on any atom is -0.508 e. The number of nitrogens with one attached hydrogen (secondary N) is 1. The van der Waals surface area contributed by atoms with Crippen LogP contribution in [0.1, 0.15) is 53.8 Å². The first kappa shape index (κ1) is 15.6. The van der Waals surface area contributed by atoms with Gasteiger partial charge in [-0.25, -0.2) is 4.98 Å². The van der Waals surface area contributed by atoms with E-state index in [0.717, 1.165) is 37.1 Å². The third-order valence-electron chi connectivity index (χ3n) is 4.39. The number of carbonyl (C=O) groups is 1. The van der Waals surface area contributed by atoms with E-state index in [1.165, 1.54) is 12.1 Å². The maximum Gasteiger partial charge on any atom is 0.259 e. The summed E-state index contributed by atoms with van der Waals surface area (Å²) in [6.45, 7) is 2.06. The molecule has 1 saturated carbocycles. The fourth-order valence-corrected chi connectivity index (χ4v) is 2.95. The fourth-order valence-electron chi connectivity index (χ4n) is 2.95. The van der Waals surface area contributed by atoms with Gasteiger partial charge in [0.1, 0.15) is 5.75 Å². The standard InChI is InChI=1S/C19H19N3O3/c1-2-3-15-17-14(18(24)20-12-6-8-13(23)9-7-12)10-16(11-4-5-11)21-19(17)25-22-15/h6-11,23H,2-5H2,1H3,(H,20,24). The van der Waals surface area contributed by atoms with E-state index in [2.05, 4.69) is 22.4 Å². The molecule has 1 aliphatic carbocycles. The first-order valence-corrected chi connectivity index (χ1v) is 8.55. The average molecular weight is 337 g/mol. The van der Waals surface area contributed by atoms with Crippen molar-refractivity contribution in [3.8, 4) is 5.75 Å². The molecule has 6 nitrogen and oxygen atoms in total. The van der Waals surface area contributed by atoms with Gasteiger partial charge in [-0.3, -0.25) is 4.79 Å². The summed E-state index contributed by atoms with van der Waals surface area (Å²) < 4.78 is 5.40. The van der Waals surface area contributed by atoms with Crippen molar-refractivity contribution in [3.63, 3.8) is 0 Å². The second kappa shape index (κ2) is 6.20. The summed E-state index contributed by atoms with van der Waals surface area (Å²) in [6, 6.07) is 8.26. The van der Waals surface area contributed by atoms with Crippen LogP contribution in [0.25, 0.3) is 11.1 Å². The van der Waals surface area contributed by atoms with Crippen molar-refractivity contribution in [2.45, 2.75) is 38.5 Å². The monoisotopic (exact) mass is 337 g/mol. The topological polar surface area (TPSA) is 88.2 Å².